The summed E-state index contributed by atoms with van der Waals surface area (Å²) < 4.78 is 0. The first-order valence-corrected chi connectivity index (χ1v) is 9.38. The molecule has 3 rings (SSSR count). The summed E-state index contributed by atoms with van der Waals surface area (Å²) in [6, 6.07) is 4.42. The molecule has 0 unspecified atom stereocenters. The van der Waals surface area contributed by atoms with Crippen LogP contribution in [-0.4, -0.2) is 53.3 Å². The summed E-state index contributed by atoms with van der Waals surface area (Å²) in [4.78, 5) is 29.4. The molecule has 23 heavy (non-hydrogen) atoms. The summed E-state index contributed by atoms with van der Waals surface area (Å²) >= 11 is 1.71. The second kappa shape index (κ2) is 7.45. The number of likely N-dealkylation sites (tertiary alicyclic amines) is 2. The van der Waals surface area contributed by atoms with Crippen LogP contribution in [0.5, 0.6) is 0 Å². The van der Waals surface area contributed by atoms with E-state index in [9.17, 15) is 9.59 Å². The number of piperidine rings is 1. The molecule has 1 atom stereocenters. The molecule has 0 bridgehead atoms. The lowest BCUT2D eigenvalue weighted by Gasteiger charge is -2.38. The number of rotatable bonds is 5. The zero-order valence-electron chi connectivity index (χ0n) is 13.4. The lowest BCUT2D eigenvalue weighted by atomic mass is 10.0. The highest BCUT2D eigenvalue weighted by Crippen LogP contribution is 2.26. The van der Waals surface area contributed by atoms with E-state index in [1.165, 1.54) is 4.88 Å². The molecule has 2 N–H and O–H groups in total. The van der Waals surface area contributed by atoms with Crippen LogP contribution in [0.25, 0.3) is 0 Å². The van der Waals surface area contributed by atoms with Gasteiger partial charge in [-0.2, -0.15) is 0 Å². The molecule has 2 saturated heterocycles. The van der Waals surface area contributed by atoms with E-state index >= 15 is 0 Å². The van der Waals surface area contributed by atoms with E-state index in [1.807, 2.05) is 11.0 Å². The lowest BCUT2D eigenvalue weighted by Crippen LogP contribution is -2.51. The van der Waals surface area contributed by atoms with E-state index in [0.717, 1.165) is 51.7 Å². The number of amides is 2. The molecule has 6 heteroatoms. The number of nitrogens with two attached hydrogens (primary N) is 1. The van der Waals surface area contributed by atoms with Gasteiger partial charge in [0.2, 0.25) is 11.8 Å². The number of carbonyl (C=O) groups is 2. The van der Waals surface area contributed by atoms with Crippen LogP contribution in [0.4, 0.5) is 0 Å². The topological polar surface area (TPSA) is 66.6 Å². The van der Waals surface area contributed by atoms with Crippen molar-refractivity contribution in [2.45, 2.75) is 50.6 Å². The Labute approximate surface area is 141 Å². The number of thiophene rings is 1. The fraction of sp³-hybridized carbons (Fsp3) is 0.647. The van der Waals surface area contributed by atoms with Crippen LogP contribution in [0.2, 0.25) is 0 Å². The number of hydrogen-bond acceptors (Lipinski definition) is 4. The van der Waals surface area contributed by atoms with Crippen molar-refractivity contribution in [3.8, 4) is 0 Å². The number of hydrogen-bond donors (Lipinski definition) is 1. The summed E-state index contributed by atoms with van der Waals surface area (Å²) in [5, 5.41) is 2.05. The van der Waals surface area contributed by atoms with Crippen molar-refractivity contribution < 1.29 is 9.59 Å². The molecule has 0 spiro atoms. The lowest BCUT2D eigenvalue weighted by molar-refractivity contribution is -0.133. The standard InChI is InChI=1S/C17H25N3O2S/c18-17(22)15-4-1-9-20(15)13-7-10-19(11-8-13)16(21)6-5-14-3-2-12-23-14/h2-3,12-13,15H,1,4-11H2,(H2,18,22)/t15-/m1/s1. The second-order valence-corrected chi connectivity index (χ2v) is 7.52. The molecular formula is C17H25N3O2S. The minimum atomic E-state index is -0.197. The first kappa shape index (κ1) is 16.5. The molecule has 0 aromatic carbocycles. The average Bonchev–Trinajstić information content (AvgIpc) is 3.24. The average molecular weight is 335 g/mol. The van der Waals surface area contributed by atoms with Crippen molar-refractivity contribution in [1.82, 2.24) is 9.80 Å². The fourth-order valence-electron chi connectivity index (χ4n) is 3.82. The molecule has 2 amide bonds. The van der Waals surface area contributed by atoms with Gasteiger partial charge in [-0.3, -0.25) is 14.5 Å². The Morgan fingerprint density at radius 3 is 2.65 bits per heavy atom. The summed E-state index contributed by atoms with van der Waals surface area (Å²) in [5.41, 5.74) is 5.51. The van der Waals surface area contributed by atoms with Gasteiger partial charge >= 0.3 is 0 Å². The van der Waals surface area contributed by atoms with Crippen LogP contribution in [0.3, 0.4) is 0 Å². The molecule has 1 aromatic heterocycles. The molecule has 126 valence electrons. The van der Waals surface area contributed by atoms with Crippen molar-refractivity contribution in [3.63, 3.8) is 0 Å². The monoisotopic (exact) mass is 335 g/mol. The molecule has 2 aliphatic heterocycles. The van der Waals surface area contributed by atoms with Crippen LogP contribution in [0.1, 0.15) is 37.0 Å². The predicted octanol–water partition coefficient (Wildman–Crippen LogP) is 1.62. The smallest absolute Gasteiger partial charge is 0.234 e. The first-order chi connectivity index (χ1) is 11.1. The van der Waals surface area contributed by atoms with Crippen LogP contribution in [0, 0.1) is 0 Å². The maximum atomic E-state index is 12.3. The van der Waals surface area contributed by atoms with Gasteiger partial charge in [0.15, 0.2) is 0 Å². The van der Waals surface area contributed by atoms with E-state index in [-0.39, 0.29) is 17.9 Å². The molecule has 5 nitrogen and oxygen atoms in total. The Morgan fingerprint density at radius 2 is 2.00 bits per heavy atom. The molecule has 2 fully saturated rings. The Kier molecular flexibility index (Phi) is 5.33. The molecule has 0 radical (unpaired) electrons. The van der Waals surface area contributed by atoms with Crippen molar-refractivity contribution in [2.75, 3.05) is 19.6 Å². The molecule has 0 saturated carbocycles. The number of aryl methyl sites for hydroxylation is 1. The zero-order chi connectivity index (χ0) is 16.2. The summed E-state index contributed by atoms with van der Waals surface area (Å²) in [5.74, 6) is 0.0571. The minimum absolute atomic E-state index is 0.0962. The fourth-order valence-corrected chi connectivity index (χ4v) is 4.53. The van der Waals surface area contributed by atoms with E-state index in [0.29, 0.717) is 12.5 Å². The van der Waals surface area contributed by atoms with E-state index < -0.39 is 0 Å². The number of carbonyl (C=O) groups excluding carboxylic acids is 2. The van der Waals surface area contributed by atoms with Gasteiger partial charge in [0.25, 0.3) is 0 Å². The Balaban J connectivity index is 1.46. The normalized spacial score (nSPS) is 23.3. The van der Waals surface area contributed by atoms with Crippen molar-refractivity contribution >= 4 is 23.2 Å². The summed E-state index contributed by atoms with van der Waals surface area (Å²) in [6.45, 7) is 2.57. The van der Waals surface area contributed by atoms with E-state index in [4.69, 9.17) is 5.73 Å². The molecular weight excluding hydrogens is 310 g/mol. The molecule has 2 aliphatic rings. The Bertz CT molecular complexity index is 538. The maximum Gasteiger partial charge on any atom is 0.234 e. The van der Waals surface area contributed by atoms with Crippen LogP contribution < -0.4 is 5.73 Å². The highest BCUT2D eigenvalue weighted by atomic mass is 32.1. The van der Waals surface area contributed by atoms with Crippen molar-refractivity contribution in [3.05, 3.63) is 22.4 Å². The zero-order valence-corrected chi connectivity index (χ0v) is 14.3. The van der Waals surface area contributed by atoms with Crippen LogP contribution in [-0.2, 0) is 16.0 Å². The first-order valence-electron chi connectivity index (χ1n) is 8.50. The van der Waals surface area contributed by atoms with Gasteiger partial charge in [-0.1, -0.05) is 6.07 Å². The third-order valence-corrected chi connectivity index (χ3v) is 6.01. The van der Waals surface area contributed by atoms with Gasteiger partial charge in [-0.15, -0.1) is 11.3 Å². The highest BCUT2D eigenvalue weighted by molar-refractivity contribution is 7.09. The third kappa shape index (κ3) is 3.93. The summed E-state index contributed by atoms with van der Waals surface area (Å²) in [6.07, 6.45) is 5.27. The quantitative estimate of drug-likeness (QED) is 0.889. The van der Waals surface area contributed by atoms with Gasteiger partial charge in [0, 0.05) is 30.4 Å². The Hall–Kier alpha value is -1.40. The SMILES string of the molecule is NC(=O)[C@H]1CCCN1C1CCN(C(=O)CCc2cccs2)CC1. The van der Waals surface area contributed by atoms with Crippen LogP contribution >= 0.6 is 11.3 Å². The molecule has 3 heterocycles. The number of primary amides is 1. The summed E-state index contributed by atoms with van der Waals surface area (Å²) in [7, 11) is 0. The highest BCUT2D eigenvalue weighted by Gasteiger charge is 2.36. The number of nitrogens with zero attached hydrogens (tertiary/aromatic N) is 2. The molecule has 0 aliphatic carbocycles. The van der Waals surface area contributed by atoms with Gasteiger partial charge < -0.3 is 10.6 Å². The minimum Gasteiger partial charge on any atom is -0.368 e. The predicted molar refractivity (Wildman–Crippen MR) is 91.2 cm³/mol. The van der Waals surface area contributed by atoms with Crippen LogP contribution in [0.15, 0.2) is 17.5 Å². The van der Waals surface area contributed by atoms with Gasteiger partial charge in [0.1, 0.15) is 0 Å². The Morgan fingerprint density at radius 1 is 1.22 bits per heavy atom. The third-order valence-electron chi connectivity index (χ3n) is 5.07. The largest absolute Gasteiger partial charge is 0.368 e. The van der Waals surface area contributed by atoms with Gasteiger partial charge in [-0.05, 0) is 50.1 Å². The second-order valence-electron chi connectivity index (χ2n) is 6.49. The molecule has 1 aromatic rings. The van der Waals surface area contributed by atoms with Gasteiger partial charge in [0.05, 0.1) is 6.04 Å². The van der Waals surface area contributed by atoms with E-state index in [2.05, 4.69) is 16.3 Å². The van der Waals surface area contributed by atoms with Crippen molar-refractivity contribution in [2.24, 2.45) is 5.73 Å². The maximum absolute atomic E-state index is 12.3. The van der Waals surface area contributed by atoms with E-state index in [1.54, 1.807) is 11.3 Å². The van der Waals surface area contributed by atoms with Crippen molar-refractivity contribution in [1.29, 1.82) is 0 Å². The van der Waals surface area contributed by atoms with Gasteiger partial charge in [-0.25, -0.2) is 0 Å².